The van der Waals surface area contributed by atoms with Gasteiger partial charge < -0.3 is 43.5 Å². The van der Waals surface area contributed by atoms with E-state index in [-0.39, 0.29) is 74.1 Å². The van der Waals surface area contributed by atoms with Crippen molar-refractivity contribution in [2.75, 3.05) is 19.8 Å². The van der Waals surface area contributed by atoms with Crippen LogP contribution in [-0.4, -0.2) is 13.4 Å². The first-order chi connectivity index (χ1) is 51.1. The minimum absolute atomic E-state index is 0. The summed E-state index contributed by atoms with van der Waals surface area (Å²) in [6.07, 6.45) is 9.34. The van der Waals surface area contributed by atoms with E-state index in [1.54, 1.807) is 0 Å². The zero-order valence-corrected chi connectivity index (χ0v) is 76.2. The van der Waals surface area contributed by atoms with E-state index in [4.69, 9.17) is 13.4 Å². The monoisotopic (exact) mass is 1850 g/mol. The average molecular weight is 1850 g/mol. The van der Waals surface area contributed by atoms with Gasteiger partial charge >= 0.3 is 62.2 Å². The van der Waals surface area contributed by atoms with E-state index in [1.165, 1.54) is 146 Å². The van der Waals surface area contributed by atoms with E-state index in [9.17, 15) is 0 Å². The third-order valence-electron chi connectivity index (χ3n) is 20.1. The van der Waals surface area contributed by atoms with Crippen LogP contribution < -0.4 is 29.0 Å². The van der Waals surface area contributed by atoms with Crippen LogP contribution in [0.2, 0.25) is 0 Å². The largest absolute Gasteiger partial charge is 2.00 e. The summed E-state index contributed by atoms with van der Waals surface area (Å²) in [4.78, 5) is 5.08. The molecule has 8 nitrogen and oxygen atoms in total. The number of hydrogen-bond donors (Lipinski definition) is 0. The van der Waals surface area contributed by atoms with E-state index in [1.807, 2.05) is 176 Å². The molecule has 10 heteroatoms. The predicted molar refractivity (Wildman–Crippen MR) is 443 cm³/mol. The summed E-state index contributed by atoms with van der Waals surface area (Å²) in [5.74, 6) is 0.401. The van der Waals surface area contributed by atoms with Gasteiger partial charge in [0.1, 0.15) is 11.1 Å². The molecule has 544 valence electrons. The maximum Gasteiger partial charge on any atom is 2.00 e. The van der Waals surface area contributed by atoms with Gasteiger partial charge in [-0.3, -0.25) is 0 Å². The molecule has 10 aromatic rings. The summed E-state index contributed by atoms with van der Waals surface area (Å²) in [5.41, 5.74) is 36.9. The molecule has 0 fully saturated rings. The van der Waals surface area contributed by atoms with Gasteiger partial charge in [0.2, 0.25) is 0 Å². The van der Waals surface area contributed by atoms with Crippen molar-refractivity contribution in [2.45, 2.75) is 221 Å². The summed E-state index contributed by atoms with van der Waals surface area (Å²) >= 11 is 0. The van der Waals surface area contributed by atoms with Gasteiger partial charge in [0.15, 0.2) is 23.8 Å². The van der Waals surface area contributed by atoms with Gasteiger partial charge in [-0.1, -0.05) is 275 Å². The molecule has 0 bridgehead atoms. The van der Waals surface area contributed by atoms with Gasteiger partial charge in [-0.15, -0.1) is 13.1 Å². The fourth-order valence-electron chi connectivity index (χ4n) is 17.6. The molecular formula is C95H118N8U2+2. The second-order valence-corrected chi connectivity index (χ2v) is 23.4. The Morgan fingerprint density at radius 2 is 0.676 bits per heavy atom. The molecule has 4 unspecified atom stereocenters. The summed E-state index contributed by atoms with van der Waals surface area (Å²) in [6, 6.07) is 63.3. The summed E-state index contributed by atoms with van der Waals surface area (Å²) < 4.78 is 5.10. The zero-order valence-electron chi connectivity index (χ0n) is 67.9. The van der Waals surface area contributed by atoms with Crippen LogP contribution in [0.5, 0.6) is 0 Å². The SMILES string of the molecule is CC.CC.CC.CC.CC.CC.CC.CC.CC.CC.CC.CC.[CH-]=NN1[CH-]C23c4c1cccc4N1c4ccccc4Cc4cc5c(c2c41)C(c1ccccc1C5)c1cccc[n+]13.[CH-]=NN1[CH-]C23c4c1cccc4N1c4ccccc4Cc4cc5c(c2c41)C1c2c(cccc2Cc2ccc[n+]3c21)C5.[U+2].[U+2]. The number of nitrogens with zero attached hydrogens (tertiary/aromatic N) is 8. The van der Waals surface area contributed by atoms with Crippen molar-refractivity contribution in [1.82, 2.24) is 0 Å². The van der Waals surface area contributed by atoms with Crippen LogP contribution in [0, 0.1) is 75.3 Å². The fraction of sp³-hybridized carbons (Fsp3) is 0.347. The van der Waals surface area contributed by atoms with Gasteiger partial charge in [0.25, 0.3) is 0 Å². The van der Waals surface area contributed by atoms with Gasteiger partial charge in [-0.05, 0) is 128 Å². The molecular weight excluding hydrogens is 1730 g/mol. The predicted octanol–water partition coefficient (Wildman–Crippen LogP) is 24.9. The molecule has 21 rings (SSSR count). The molecule has 0 radical (unpaired) electrons. The zero-order chi connectivity index (χ0) is 75.4. The summed E-state index contributed by atoms with van der Waals surface area (Å²) in [6.45, 7) is 64.8. The number of rotatable bonds is 2. The number of aromatic nitrogens is 2. The average Bonchev–Trinajstić information content (AvgIpc) is 1.65. The smallest absolute Gasteiger partial charge is 0.444 e. The van der Waals surface area contributed by atoms with E-state index in [0.717, 1.165) is 43.5 Å². The van der Waals surface area contributed by atoms with Crippen molar-refractivity contribution in [3.63, 3.8) is 0 Å². The maximum atomic E-state index is 6.13. The van der Waals surface area contributed by atoms with E-state index in [0.29, 0.717) is 0 Å². The molecule has 2 aromatic heterocycles. The first-order valence-corrected chi connectivity index (χ1v) is 39.8. The Bertz CT molecular complexity index is 4610. The topological polar surface area (TPSA) is 45.4 Å². The molecule has 2 spiro atoms. The van der Waals surface area contributed by atoms with Crippen LogP contribution in [0.25, 0.3) is 0 Å². The Kier molecular flexibility index (Phi) is 31.8. The first-order valence-electron chi connectivity index (χ1n) is 39.8. The standard InChI is InChI=1S/C36H23N4.C35H23N4.12C2H6.2U/c1-37-39-19-36-32-27(39)12-5-13-28(32)40-26-11-3-2-7-20(26)15-25-18-24-17-22-9-4-8-21-16-23-10-6-14-38(36)34(23)31(29(21)22)30(24)33(36)35(25)40;1-36-38-20-35-32-28(38)14-8-15-29(32)39-26-12-5-3-10-22(26)18-24-19-23-17-21-9-2-4-11-25(21)31(30(23)33(35)34(24)39)27-13-6-7-16-37(27)35;12*1-2;;/h1-14,18-19,31H,15-17H2;1-16,19-20,31H,17-18H2;12*1-2H3;;/q2*-1;;;;;;;;;;;;;2*+2. The molecule has 11 aliphatic rings. The molecule has 0 N–H and O–H groups in total. The normalized spacial score (nSPS) is 17.0. The van der Waals surface area contributed by atoms with Crippen LogP contribution in [0.3, 0.4) is 0 Å². The molecule has 10 heterocycles. The Morgan fingerprint density at radius 1 is 0.324 bits per heavy atom. The fourth-order valence-corrected chi connectivity index (χ4v) is 17.6. The number of para-hydroxylation sites is 2. The van der Waals surface area contributed by atoms with E-state index >= 15 is 0 Å². The van der Waals surface area contributed by atoms with Gasteiger partial charge in [0, 0.05) is 88.0 Å². The maximum absolute atomic E-state index is 6.13. The van der Waals surface area contributed by atoms with Crippen LogP contribution >= 0.6 is 0 Å². The van der Waals surface area contributed by atoms with Crippen LogP contribution in [0.15, 0.2) is 192 Å². The quantitative estimate of drug-likeness (QED) is 0.0983. The van der Waals surface area contributed by atoms with E-state index in [2.05, 4.69) is 224 Å². The molecule has 4 atom stereocenters. The second-order valence-electron chi connectivity index (χ2n) is 23.4. The minimum atomic E-state index is -0.535. The van der Waals surface area contributed by atoms with Crippen LogP contribution in [-0.2, 0) is 43.2 Å². The van der Waals surface area contributed by atoms with Crippen molar-refractivity contribution < 1.29 is 71.4 Å². The number of anilines is 8. The van der Waals surface area contributed by atoms with E-state index < -0.39 is 11.1 Å². The van der Waals surface area contributed by atoms with Crippen molar-refractivity contribution in [1.29, 1.82) is 0 Å². The minimum Gasteiger partial charge on any atom is -0.444 e. The van der Waals surface area contributed by atoms with Crippen LogP contribution in [0.4, 0.5) is 45.5 Å². The van der Waals surface area contributed by atoms with Crippen molar-refractivity contribution in [3.05, 3.63) is 307 Å². The van der Waals surface area contributed by atoms with Gasteiger partial charge in [-0.25, -0.2) is 9.13 Å². The molecule has 0 saturated carbocycles. The second kappa shape index (κ2) is 38.5. The molecule has 0 amide bonds. The van der Waals surface area contributed by atoms with Crippen molar-refractivity contribution in [2.24, 2.45) is 10.2 Å². The van der Waals surface area contributed by atoms with Crippen molar-refractivity contribution in [3.8, 4) is 0 Å². The summed E-state index contributed by atoms with van der Waals surface area (Å²) in [7, 11) is 0. The molecule has 3 aliphatic carbocycles. The Balaban J connectivity index is 0.000000253. The first kappa shape index (κ1) is 86.6. The molecule has 8 aliphatic heterocycles. The third-order valence-corrected chi connectivity index (χ3v) is 20.1. The third kappa shape index (κ3) is 13.0. The molecule has 8 aromatic carbocycles. The molecule has 0 saturated heterocycles. The number of hydrazone groups is 2. The number of pyridine rings is 2. The number of benzene rings is 8. The van der Waals surface area contributed by atoms with Gasteiger partial charge in [-0.2, -0.15) is 0 Å². The van der Waals surface area contributed by atoms with Gasteiger partial charge in [0.05, 0.1) is 34.6 Å². The summed E-state index contributed by atoms with van der Waals surface area (Å²) in [5, 5.41) is 12.4. The Hall–Kier alpha value is -7.30. The number of fused-ring (bicyclic) bond motifs is 10. The van der Waals surface area contributed by atoms with Crippen molar-refractivity contribution >= 4 is 58.9 Å². The number of hydrogen-bond acceptors (Lipinski definition) is 6. The molecule has 105 heavy (non-hydrogen) atoms. The Morgan fingerprint density at radius 3 is 1.16 bits per heavy atom. The Labute approximate surface area is 682 Å². The van der Waals surface area contributed by atoms with Crippen LogP contribution in [0.1, 0.15) is 290 Å².